The van der Waals surface area contributed by atoms with Crippen molar-refractivity contribution in [3.8, 4) is 0 Å². The molecule has 0 N–H and O–H groups in total. The molecule has 0 aromatic carbocycles. The summed E-state index contributed by atoms with van der Waals surface area (Å²) >= 11 is 0. The molecule has 1 heteroatoms. The molecule has 1 nitrogen and oxygen atoms in total. The quantitative estimate of drug-likeness (QED) is 0.555. The van der Waals surface area contributed by atoms with Crippen molar-refractivity contribution in [3.05, 3.63) is 12.7 Å². The van der Waals surface area contributed by atoms with Crippen LogP contribution in [0.15, 0.2) is 12.7 Å². The molecule has 1 atom stereocenters. The molecule has 1 unspecified atom stereocenters. The fourth-order valence-electron chi connectivity index (χ4n) is 1.95. The summed E-state index contributed by atoms with van der Waals surface area (Å²) in [5.74, 6) is 0.791. The van der Waals surface area contributed by atoms with Gasteiger partial charge in [0, 0.05) is 6.04 Å². The molecule has 0 aromatic rings. The lowest BCUT2D eigenvalue weighted by Crippen LogP contribution is -2.34. The molecule has 0 aliphatic rings. The molecule has 96 valence electrons. The van der Waals surface area contributed by atoms with Gasteiger partial charge in [-0.3, -0.25) is 0 Å². The minimum absolute atomic E-state index is 0.268. The van der Waals surface area contributed by atoms with Crippen LogP contribution in [0, 0.1) is 11.3 Å². The van der Waals surface area contributed by atoms with Crippen LogP contribution in [-0.2, 0) is 0 Å². The molecule has 16 heavy (non-hydrogen) atoms. The van der Waals surface area contributed by atoms with Crippen molar-refractivity contribution in [1.82, 2.24) is 4.90 Å². The van der Waals surface area contributed by atoms with Gasteiger partial charge in [0.1, 0.15) is 0 Å². The molecule has 0 aromatic heterocycles. The van der Waals surface area contributed by atoms with Crippen LogP contribution in [0.25, 0.3) is 0 Å². The molecule has 0 saturated carbocycles. The fourth-order valence-corrected chi connectivity index (χ4v) is 1.95. The largest absolute Gasteiger partial charge is 0.303 e. The highest BCUT2D eigenvalue weighted by atomic mass is 15.1. The molecule has 0 amide bonds. The maximum absolute atomic E-state index is 3.91. The predicted octanol–water partition coefficient (Wildman–Crippen LogP) is 4.35. The Balaban J connectivity index is 4.11. The second-order valence-electron chi connectivity index (χ2n) is 6.11. The summed E-state index contributed by atoms with van der Waals surface area (Å²) in [5, 5.41) is 0. The normalized spacial score (nSPS) is 14.5. The third-order valence-electron chi connectivity index (χ3n) is 3.50. The average Bonchev–Trinajstić information content (AvgIpc) is 2.22. The van der Waals surface area contributed by atoms with Gasteiger partial charge in [-0.15, -0.1) is 6.58 Å². The van der Waals surface area contributed by atoms with Crippen molar-refractivity contribution >= 4 is 0 Å². The summed E-state index contributed by atoms with van der Waals surface area (Å²) in [6, 6.07) is 0.737. The van der Waals surface area contributed by atoms with Crippen molar-refractivity contribution in [1.29, 1.82) is 0 Å². The Morgan fingerprint density at radius 3 is 2.25 bits per heavy atom. The van der Waals surface area contributed by atoms with E-state index in [-0.39, 0.29) is 5.41 Å². The first-order chi connectivity index (χ1) is 7.32. The van der Waals surface area contributed by atoms with Crippen molar-refractivity contribution in [2.75, 3.05) is 13.6 Å². The zero-order valence-electron chi connectivity index (χ0n) is 12.2. The topological polar surface area (TPSA) is 3.24 Å². The van der Waals surface area contributed by atoms with Crippen LogP contribution in [-0.4, -0.2) is 24.5 Å². The molecule has 0 saturated heterocycles. The van der Waals surface area contributed by atoms with Crippen LogP contribution in [0.3, 0.4) is 0 Å². The Labute approximate surface area is 103 Å². The standard InChI is InChI=1S/C15H31N/c1-8-14(12-13(3)4)16(7)11-10-15(5,6)9-2/h9,13-14H,2,8,10-12H2,1,3-7H3. The second kappa shape index (κ2) is 7.11. The summed E-state index contributed by atoms with van der Waals surface area (Å²) < 4.78 is 0. The van der Waals surface area contributed by atoms with E-state index in [9.17, 15) is 0 Å². The van der Waals surface area contributed by atoms with Gasteiger partial charge in [-0.1, -0.05) is 40.7 Å². The van der Waals surface area contributed by atoms with Crippen molar-refractivity contribution < 1.29 is 0 Å². The third-order valence-corrected chi connectivity index (χ3v) is 3.50. The van der Waals surface area contributed by atoms with Crippen LogP contribution in [0.1, 0.15) is 53.9 Å². The summed E-state index contributed by atoms with van der Waals surface area (Å²) in [7, 11) is 2.26. The van der Waals surface area contributed by atoms with Crippen molar-refractivity contribution in [3.63, 3.8) is 0 Å². The highest BCUT2D eigenvalue weighted by molar-refractivity contribution is 4.88. The van der Waals surface area contributed by atoms with Crippen LogP contribution in [0.4, 0.5) is 0 Å². The minimum atomic E-state index is 0.268. The summed E-state index contributed by atoms with van der Waals surface area (Å²) in [6.45, 7) is 16.5. The van der Waals surface area contributed by atoms with Crippen LogP contribution in [0.5, 0.6) is 0 Å². The Morgan fingerprint density at radius 1 is 1.31 bits per heavy atom. The van der Waals surface area contributed by atoms with Crippen molar-refractivity contribution in [2.45, 2.75) is 59.9 Å². The number of allylic oxidation sites excluding steroid dienone is 1. The maximum Gasteiger partial charge on any atom is 0.00920 e. The maximum atomic E-state index is 3.91. The number of hydrogen-bond acceptors (Lipinski definition) is 1. The van der Waals surface area contributed by atoms with Crippen LogP contribution >= 0.6 is 0 Å². The van der Waals surface area contributed by atoms with Crippen LogP contribution < -0.4 is 0 Å². The predicted molar refractivity (Wildman–Crippen MR) is 74.8 cm³/mol. The van der Waals surface area contributed by atoms with Gasteiger partial charge in [0.05, 0.1) is 0 Å². The second-order valence-corrected chi connectivity index (χ2v) is 6.11. The summed E-state index contributed by atoms with van der Waals surface area (Å²) in [4.78, 5) is 2.52. The molecule has 0 fully saturated rings. The first kappa shape index (κ1) is 15.7. The van der Waals surface area contributed by atoms with Gasteiger partial charge in [0.2, 0.25) is 0 Å². The van der Waals surface area contributed by atoms with Crippen molar-refractivity contribution in [2.24, 2.45) is 11.3 Å². The molecule has 0 radical (unpaired) electrons. The van der Waals surface area contributed by atoms with E-state index in [4.69, 9.17) is 0 Å². The SMILES string of the molecule is C=CC(C)(C)CCN(C)C(CC)CC(C)C. The molecular weight excluding hydrogens is 194 g/mol. The van der Waals surface area contributed by atoms with E-state index in [1.165, 1.54) is 25.8 Å². The lowest BCUT2D eigenvalue weighted by atomic mass is 9.89. The van der Waals surface area contributed by atoms with E-state index < -0.39 is 0 Å². The van der Waals surface area contributed by atoms with Gasteiger partial charge in [-0.05, 0) is 44.2 Å². The molecule has 0 heterocycles. The van der Waals surface area contributed by atoms with E-state index in [2.05, 4.69) is 59.2 Å². The van der Waals surface area contributed by atoms with Gasteiger partial charge in [-0.25, -0.2) is 0 Å². The number of rotatable bonds is 8. The fraction of sp³-hybridized carbons (Fsp3) is 0.867. The van der Waals surface area contributed by atoms with E-state index >= 15 is 0 Å². The summed E-state index contributed by atoms with van der Waals surface area (Å²) in [6.07, 6.45) is 5.83. The number of nitrogens with zero attached hydrogens (tertiary/aromatic N) is 1. The first-order valence-corrected chi connectivity index (χ1v) is 6.66. The Kier molecular flexibility index (Phi) is 6.98. The van der Waals surface area contributed by atoms with E-state index in [0.29, 0.717) is 0 Å². The van der Waals surface area contributed by atoms with Gasteiger partial charge < -0.3 is 4.90 Å². The molecular formula is C15H31N. The van der Waals surface area contributed by atoms with Gasteiger partial charge in [0.15, 0.2) is 0 Å². The minimum Gasteiger partial charge on any atom is -0.303 e. The molecule has 0 spiro atoms. The lowest BCUT2D eigenvalue weighted by molar-refractivity contribution is 0.187. The highest BCUT2D eigenvalue weighted by Crippen LogP contribution is 2.23. The molecule has 0 rings (SSSR count). The van der Waals surface area contributed by atoms with E-state index in [1.54, 1.807) is 0 Å². The molecule has 0 aliphatic heterocycles. The Bertz CT molecular complexity index is 194. The zero-order valence-corrected chi connectivity index (χ0v) is 12.2. The van der Waals surface area contributed by atoms with E-state index in [1.807, 2.05) is 0 Å². The van der Waals surface area contributed by atoms with Gasteiger partial charge >= 0.3 is 0 Å². The monoisotopic (exact) mass is 225 g/mol. The average molecular weight is 225 g/mol. The van der Waals surface area contributed by atoms with Gasteiger partial charge in [-0.2, -0.15) is 0 Å². The van der Waals surface area contributed by atoms with Gasteiger partial charge in [0.25, 0.3) is 0 Å². The third kappa shape index (κ3) is 6.32. The molecule has 0 aliphatic carbocycles. The Hall–Kier alpha value is -0.300. The highest BCUT2D eigenvalue weighted by Gasteiger charge is 2.18. The lowest BCUT2D eigenvalue weighted by Gasteiger charge is -2.31. The Morgan fingerprint density at radius 2 is 1.88 bits per heavy atom. The zero-order chi connectivity index (χ0) is 12.8. The summed E-state index contributed by atoms with van der Waals surface area (Å²) in [5.41, 5.74) is 0.268. The number of hydrogen-bond donors (Lipinski definition) is 0. The molecule has 0 bridgehead atoms. The first-order valence-electron chi connectivity index (χ1n) is 6.66. The van der Waals surface area contributed by atoms with E-state index in [0.717, 1.165) is 12.0 Å². The van der Waals surface area contributed by atoms with Crippen LogP contribution in [0.2, 0.25) is 0 Å². The smallest absolute Gasteiger partial charge is 0.00920 e.